The molecule has 0 bridgehead atoms. The van der Waals surface area contributed by atoms with E-state index in [0.717, 1.165) is 10.0 Å². The van der Waals surface area contributed by atoms with E-state index in [0.29, 0.717) is 16.4 Å². The maximum Gasteiger partial charge on any atom is 0.234 e. The summed E-state index contributed by atoms with van der Waals surface area (Å²) in [6, 6.07) is 12.6. The second-order valence-corrected chi connectivity index (χ2v) is 6.65. The summed E-state index contributed by atoms with van der Waals surface area (Å²) < 4.78 is 0.854. The van der Waals surface area contributed by atoms with Crippen LogP contribution < -0.4 is 11.1 Å². The number of carbonyl (C=O) groups is 1. The second-order valence-electron chi connectivity index (χ2n) is 5.33. The minimum Gasteiger partial charge on any atom is -0.399 e. The lowest BCUT2D eigenvalue weighted by Crippen LogP contribution is -2.34. The van der Waals surface area contributed by atoms with Gasteiger partial charge in [-0.25, -0.2) is 0 Å². The Labute approximate surface area is 137 Å². The molecule has 2 aromatic carbocycles. The van der Waals surface area contributed by atoms with Crippen LogP contribution in [0.3, 0.4) is 0 Å². The van der Waals surface area contributed by atoms with Gasteiger partial charge < -0.3 is 11.1 Å². The number of amides is 1. The van der Waals surface area contributed by atoms with Crippen molar-refractivity contribution in [1.82, 2.24) is 0 Å². The number of halogens is 2. The Bertz CT molecular complexity index is 668. The van der Waals surface area contributed by atoms with Gasteiger partial charge >= 0.3 is 0 Å². The number of rotatable bonds is 3. The Hall–Kier alpha value is -1.52. The lowest BCUT2D eigenvalue weighted by molar-refractivity contribution is -0.120. The highest BCUT2D eigenvalue weighted by atomic mass is 79.9. The van der Waals surface area contributed by atoms with E-state index in [2.05, 4.69) is 21.2 Å². The predicted octanol–water partition coefficient (Wildman–Crippen LogP) is 4.60. The molecule has 0 aliphatic rings. The molecule has 2 aromatic rings. The molecule has 3 N–H and O–H groups in total. The molecule has 0 heterocycles. The monoisotopic (exact) mass is 366 g/mol. The van der Waals surface area contributed by atoms with Gasteiger partial charge in [0.1, 0.15) is 0 Å². The molecule has 5 heteroatoms. The summed E-state index contributed by atoms with van der Waals surface area (Å²) in [4.78, 5) is 12.6. The third-order valence-corrected chi connectivity index (χ3v) is 4.20. The van der Waals surface area contributed by atoms with E-state index in [1.807, 2.05) is 32.0 Å². The summed E-state index contributed by atoms with van der Waals surface area (Å²) in [5, 5.41) is 3.37. The third-order valence-electron chi connectivity index (χ3n) is 3.38. The molecule has 0 unspecified atom stereocenters. The molecule has 0 saturated heterocycles. The van der Waals surface area contributed by atoms with E-state index in [1.54, 1.807) is 24.3 Å². The summed E-state index contributed by atoms with van der Waals surface area (Å²) >= 11 is 9.47. The lowest BCUT2D eigenvalue weighted by atomic mass is 9.83. The summed E-state index contributed by atoms with van der Waals surface area (Å²) in [5.41, 5.74) is 7.13. The van der Waals surface area contributed by atoms with Gasteiger partial charge in [-0.1, -0.05) is 39.7 Å². The average Bonchev–Trinajstić information content (AvgIpc) is 2.43. The Balaban J connectivity index is 2.26. The number of nitrogens with two attached hydrogens (primary N) is 1. The van der Waals surface area contributed by atoms with E-state index >= 15 is 0 Å². The number of hydrogen-bond donors (Lipinski definition) is 2. The minimum atomic E-state index is -0.695. The highest BCUT2D eigenvalue weighted by molar-refractivity contribution is 9.10. The first-order chi connectivity index (χ1) is 9.80. The van der Waals surface area contributed by atoms with Crippen molar-refractivity contribution >= 4 is 44.8 Å². The van der Waals surface area contributed by atoms with Crippen molar-refractivity contribution in [3.05, 3.63) is 57.5 Å². The lowest BCUT2D eigenvalue weighted by Gasteiger charge is -2.24. The van der Waals surface area contributed by atoms with Crippen LogP contribution in [0.15, 0.2) is 46.9 Å². The molecule has 0 aromatic heterocycles. The SMILES string of the molecule is CC(C)(C(=O)Nc1cc(Br)ccc1Cl)c1ccc(N)cc1. The molecular weight excluding hydrogens is 352 g/mol. The largest absolute Gasteiger partial charge is 0.399 e. The number of benzene rings is 2. The smallest absolute Gasteiger partial charge is 0.234 e. The molecule has 21 heavy (non-hydrogen) atoms. The standard InChI is InChI=1S/C16H16BrClN2O/c1-16(2,10-3-6-12(19)7-4-10)15(21)20-14-9-11(17)5-8-13(14)18/h3-9H,19H2,1-2H3,(H,20,21). The Morgan fingerprint density at radius 2 is 1.81 bits per heavy atom. The zero-order valence-corrected chi connectivity index (χ0v) is 14.1. The Morgan fingerprint density at radius 3 is 2.43 bits per heavy atom. The fourth-order valence-corrected chi connectivity index (χ4v) is 2.43. The first-order valence-corrected chi connectivity index (χ1v) is 7.60. The molecule has 0 saturated carbocycles. The number of hydrogen-bond acceptors (Lipinski definition) is 2. The van der Waals surface area contributed by atoms with E-state index in [1.165, 1.54) is 0 Å². The summed E-state index contributed by atoms with van der Waals surface area (Å²) in [6.07, 6.45) is 0. The van der Waals surface area contributed by atoms with Gasteiger partial charge in [-0.2, -0.15) is 0 Å². The van der Waals surface area contributed by atoms with Crippen molar-refractivity contribution in [2.75, 3.05) is 11.1 Å². The maximum atomic E-state index is 12.6. The average molecular weight is 368 g/mol. The van der Waals surface area contributed by atoms with Crippen LogP contribution in [0, 0.1) is 0 Å². The van der Waals surface area contributed by atoms with Crippen LogP contribution in [0.2, 0.25) is 5.02 Å². The predicted molar refractivity (Wildman–Crippen MR) is 91.7 cm³/mol. The van der Waals surface area contributed by atoms with Gasteiger partial charge in [0, 0.05) is 10.2 Å². The Morgan fingerprint density at radius 1 is 1.19 bits per heavy atom. The normalized spacial score (nSPS) is 11.2. The second kappa shape index (κ2) is 6.08. The van der Waals surface area contributed by atoms with Crippen LogP contribution in [0.5, 0.6) is 0 Å². The zero-order chi connectivity index (χ0) is 15.6. The molecule has 2 rings (SSSR count). The Kier molecular flexibility index (Phi) is 4.59. The fraction of sp³-hybridized carbons (Fsp3) is 0.188. The van der Waals surface area contributed by atoms with E-state index in [9.17, 15) is 4.79 Å². The number of anilines is 2. The molecule has 3 nitrogen and oxygen atoms in total. The molecule has 0 aliphatic heterocycles. The molecule has 0 spiro atoms. The maximum absolute atomic E-state index is 12.6. The zero-order valence-electron chi connectivity index (χ0n) is 11.8. The molecular formula is C16H16BrClN2O. The van der Waals surface area contributed by atoms with Crippen molar-refractivity contribution < 1.29 is 4.79 Å². The molecule has 110 valence electrons. The highest BCUT2D eigenvalue weighted by Crippen LogP contribution is 2.30. The molecule has 0 fully saturated rings. The fourth-order valence-electron chi connectivity index (χ4n) is 1.90. The van der Waals surface area contributed by atoms with Gasteiger partial charge in [0.25, 0.3) is 0 Å². The number of nitrogen functional groups attached to an aromatic ring is 1. The van der Waals surface area contributed by atoms with E-state index in [-0.39, 0.29) is 5.91 Å². The third kappa shape index (κ3) is 3.57. The number of nitrogens with one attached hydrogen (secondary N) is 1. The van der Waals surface area contributed by atoms with Crippen molar-refractivity contribution in [2.24, 2.45) is 0 Å². The van der Waals surface area contributed by atoms with Gasteiger partial charge in [-0.15, -0.1) is 0 Å². The first-order valence-electron chi connectivity index (χ1n) is 6.43. The van der Waals surface area contributed by atoms with Crippen molar-refractivity contribution in [1.29, 1.82) is 0 Å². The van der Waals surface area contributed by atoms with Gasteiger partial charge in [0.2, 0.25) is 5.91 Å². The van der Waals surface area contributed by atoms with E-state index in [4.69, 9.17) is 17.3 Å². The summed E-state index contributed by atoms with van der Waals surface area (Å²) in [7, 11) is 0. The van der Waals surface area contributed by atoms with Gasteiger partial charge in [0.15, 0.2) is 0 Å². The minimum absolute atomic E-state index is 0.132. The molecule has 0 aliphatic carbocycles. The number of carbonyl (C=O) groups excluding carboxylic acids is 1. The van der Waals surface area contributed by atoms with Crippen molar-refractivity contribution in [3.8, 4) is 0 Å². The molecule has 0 radical (unpaired) electrons. The van der Waals surface area contributed by atoms with Crippen LogP contribution in [0.1, 0.15) is 19.4 Å². The van der Waals surface area contributed by atoms with Gasteiger partial charge in [-0.05, 0) is 49.7 Å². The van der Waals surface area contributed by atoms with Crippen LogP contribution in [-0.2, 0) is 10.2 Å². The van der Waals surface area contributed by atoms with Gasteiger partial charge in [0.05, 0.1) is 16.1 Å². The van der Waals surface area contributed by atoms with Crippen molar-refractivity contribution in [2.45, 2.75) is 19.3 Å². The topological polar surface area (TPSA) is 55.1 Å². The molecule has 1 amide bonds. The van der Waals surface area contributed by atoms with Crippen LogP contribution in [0.4, 0.5) is 11.4 Å². The highest BCUT2D eigenvalue weighted by Gasteiger charge is 2.30. The molecule has 0 atom stereocenters. The van der Waals surface area contributed by atoms with Crippen LogP contribution in [-0.4, -0.2) is 5.91 Å². The summed E-state index contributed by atoms with van der Waals surface area (Å²) in [6.45, 7) is 3.72. The quantitative estimate of drug-likeness (QED) is 0.779. The van der Waals surface area contributed by atoms with Gasteiger partial charge in [-0.3, -0.25) is 4.79 Å². The van der Waals surface area contributed by atoms with E-state index < -0.39 is 5.41 Å². The van der Waals surface area contributed by atoms with Crippen molar-refractivity contribution in [3.63, 3.8) is 0 Å². The summed E-state index contributed by atoms with van der Waals surface area (Å²) in [5.74, 6) is -0.132. The first kappa shape index (κ1) is 15.9. The van der Waals surface area contributed by atoms with Crippen LogP contribution >= 0.6 is 27.5 Å². The van der Waals surface area contributed by atoms with Crippen LogP contribution in [0.25, 0.3) is 0 Å².